The molecule has 0 amide bonds. The average Bonchev–Trinajstić information content (AvgIpc) is 1.92. The van der Waals surface area contributed by atoms with Crippen molar-refractivity contribution in [2.75, 3.05) is 6.61 Å². The van der Waals surface area contributed by atoms with E-state index < -0.39 is 5.85 Å². The van der Waals surface area contributed by atoms with Crippen LogP contribution in [0.15, 0.2) is 0 Å². The van der Waals surface area contributed by atoms with Gasteiger partial charge in [0, 0.05) is 6.42 Å². The predicted molar refractivity (Wildman–Crippen MR) is 32.0 cm³/mol. The van der Waals surface area contributed by atoms with Crippen LogP contribution in [0.4, 0.5) is 0 Å². The third kappa shape index (κ3) is 2.28. The third-order valence-electron chi connectivity index (χ3n) is 1.26. The second kappa shape index (κ2) is 2.62. The summed E-state index contributed by atoms with van der Waals surface area (Å²) in [6, 6.07) is 0. The van der Waals surface area contributed by atoms with E-state index in [1.54, 1.807) is 0 Å². The molecule has 1 saturated heterocycles. The smallest absolute Gasteiger partial charge is 0.202 e. The van der Waals surface area contributed by atoms with Crippen LogP contribution in [0, 0.1) is 0 Å². The zero-order valence-electron chi connectivity index (χ0n) is 5.30. The number of hydrogen-bond acceptors (Lipinski definition) is 4. The maximum absolute atomic E-state index is 5.41. The summed E-state index contributed by atoms with van der Waals surface area (Å²) in [6.45, 7) is 0.593. The first-order chi connectivity index (χ1) is 4.21. The molecule has 1 rings (SSSR count). The van der Waals surface area contributed by atoms with Gasteiger partial charge in [-0.1, -0.05) is 0 Å². The van der Waals surface area contributed by atoms with Gasteiger partial charge >= 0.3 is 0 Å². The molecule has 54 valence electrons. The summed E-state index contributed by atoms with van der Waals surface area (Å²) in [4.78, 5) is 9.31. The highest BCUT2D eigenvalue weighted by Gasteiger charge is 2.22. The molecule has 1 aliphatic heterocycles. The molecule has 4 heteroatoms. The summed E-state index contributed by atoms with van der Waals surface area (Å²) < 4.78 is 0. The van der Waals surface area contributed by atoms with Gasteiger partial charge in [0.2, 0.25) is 5.85 Å². The molecule has 1 heterocycles. The maximum Gasteiger partial charge on any atom is 0.202 e. The van der Waals surface area contributed by atoms with Gasteiger partial charge in [0.15, 0.2) is 0 Å². The van der Waals surface area contributed by atoms with E-state index in [9.17, 15) is 0 Å². The summed E-state index contributed by atoms with van der Waals surface area (Å²) >= 11 is 0. The second-order valence-corrected chi connectivity index (χ2v) is 2.32. The van der Waals surface area contributed by atoms with Gasteiger partial charge in [0.05, 0.1) is 6.61 Å². The molecule has 1 aliphatic rings. The Labute approximate surface area is 54.0 Å². The molecule has 0 saturated carbocycles. The number of hydrogen-bond donors (Lipinski definition) is 2. The van der Waals surface area contributed by atoms with Crippen LogP contribution in [0.1, 0.15) is 19.3 Å². The van der Waals surface area contributed by atoms with Crippen LogP contribution in [0.5, 0.6) is 0 Å². The number of rotatable bonds is 0. The van der Waals surface area contributed by atoms with Crippen molar-refractivity contribution in [1.29, 1.82) is 0 Å². The average molecular weight is 132 g/mol. The van der Waals surface area contributed by atoms with E-state index in [0.29, 0.717) is 13.0 Å². The Morgan fingerprint density at radius 2 is 2.00 bits per heavy atom. The molecule has 9 heavy (non-hydrogen) atoms. The topological polar surface area (TPSA) is 70.5 Å². The molecule has 0 aliphatic carbocycles. The molecule has 0 unspecified atom stereocenters. The zero-order valence-corrected chi connectivity index (χ0v) is 5.30. The Kier molecular flexibility index (Phi) is 2.02. The number of nitrogens with two attached hydrogens (primary N) is 2. The lowest BCUT2D eigenvalue weighted by molar-refractivity contribution is -0.353. The maximum atomic E-state index is 5.41. The van der Waals surface area contributed by atoms with E-state index >= 15 is 0 Å². The largest absolute Gasteiger partial charge is 0.288 e. The first-order valence-corrected chi connectivity index (χ1v) is 3.09. The SMILES string of the molecule is NC1(N)CCCCOO1. The van der Waals surface area contributed by atoms with Crippen molar-refractivity contribution in [1.82, 2.24) is 0 Å². The summed E-state index contributed by atoms with van der Waals surface area (Å²) in [6.07, 6.45) is 2.59. The summed E-state index contributed by atoms with van der Waals surface area (Å²) in [5.41, 5.74) is 10.8. The van der Waals surface area contributed by atoms with Crippen LogP contribution in [0.25, 0.3) is 0 Å². The van der Waals surface area contributed by atoms with Crippen molar-refractivity contribution in [2.45, 2.75) is 25.1 Å². The Morgan fingerprint density at radius 3 is 2.78 bits per heavy atom. The van der Waals surface area contributed by atoms with E-state index in [4.69, 9.17) is 11.5 Å². The van der Waals surface area contributed by atoms with Crippen LogP contribution in [0.2, 0.25) is 0 Å². The fourth-order valence-corrected chi connectivity index (χ4v) is 0.755. The minimum Gasteiger partial charge on any atom is -0.288 e. The predicted octanol–water partition coefficient (Wildman–Crippen LogP) is -0.310. The van der Waals surface area contributed by atoms with Gasteiger partial charge in [-0.05, 0) is 12.8 Å². The molecule has 0 spiro atoms. The summed E-state index contributed by atoms with van der Waals surface area (Å²) in [5, 5.41) is 0. The summed E-state index contributed by atoms with van der Waals surface area (Å²) in [5.74, 6) is -1.06. The van der Waals surface area contributed by atoms with E-state index in [1.807, 2.05) is 0 Å². The third-order valence-corrected chi connectivity index (χ3v) is 1.26. The monoisotopic (exact) mass is 132 g/mol. The first kappa shape index (κ1) is 6.95. The standard InChI is InChI=1S/C5H12N2O2/c6-5(7)3-1-2-4-8-9-5/h1-4,6-7H2. The molecular formula is C5H12N2O2. The van der Waals surface area contributed by atoms with E-state index in [1.165, 1.54) is 0 Å². The van der Waals surface area contributed by atoms with Crippen LogP contribution < -0.4 is 11.5 Å². The highest BCUT2D eigenvalue weighted by Crippen LogP contribution is 2.11. The minimum absolute atomic E-state index is 0.593. The van der Waals surface area contributed by atoms with Crippen LogP contribution in [-0.2, 0) is 9.78 Å². The van der Waals surface area contributed by atoms with Crippen LogP contribution in [0.3, 0.4) is 0 Å². The van der Waals surface area contributed by atoms with Gasteiger partial charge in [0.1, 0.15) is 0 Å². The van der Waals surface area contributed by atoms with Gasteiger partial charge in [-0.15, -0.1) is 0 Å². The van der Waals surface area contributed by atoms with E-state index in [0.717, 1.165) is 12.8 Å². The first-order valence-electron chi connectivity index (χ1n) is 3.09. The lowest BCUT2D eigenvalue weighted by atomic mass is 10.2. The Morgan fingerprint density at radius 1 is 1.22 bits per heavy atom. The highest BCUT2D eigenvalue weighted by atomic mass is 17.2. The van der Waals surface area contributed by atoms with Gasteiger partial charge in [-0.2, -0.15) is 4.89 Å². The molecule has 0 aromatic carbocycles. The van der Waals surface area contributed by atoms with Crippen LogP contribution >= 0.6 is 0 Å². The molecule has 0 atom stereocenters. The molecule has 0 aromatic rings. The molecule has 0 aromatic heterocycles. The van der Waals surface area contributed by atoms with Crippen molar-refractivity contribution in [3.63, 3.8) is 0 Å². The zero-order chi connectivity index (χ0) is 6.74. The highest BCUT2D eigenvalue weighted by molar-refractivity contribution is 4.63. The quantitative estimate of drug-likeness (QED) is 0.350. The minimum atomic E-state index is -1.06. The normalized spacial score (nSPS) is 27.3. The molecular weight excluding hydrogens is 120 g/mol. The van der Waals surface area contributed by atoms with Crippen molar-refractivity contribution in [3.8, 4) is 0 Å². The lowest BCUT2D eigenvalue weighted by Gasteiger charge is -2.19. The van der Waals surface area contributed by atoms with Crippen molar-refractivity contribution in [3.05, 3.63) is 0 Å². The van der Waals surface area contributed by atoms with Gasteiger partial charge < -0.3 is 0 Å². The van der Waals surface area contributed by atoms with Gasteiger partial charge in [0.25, 0.3) is 0 Å². The molecule has 1 fully saturated rings. The van der Waals surface area contributed by atoms with Gasteiger partial charge in [-0.25, -0.2) is 4.89 Å². The van der Waals surface area contributed by atoms with Crippen molar-refractivity contribution >= 4 is 0 Å². The lowest BCUT2D eigenvalue weighted by Crippen LogP contribution is -2.51. The van der Waals surface area contributed by atoms with Crippen molar-refractivity contribution in [2.24, 2.45) is 11.5 Å². The molecule has 0 radical (unpaired) electrons. The Hall–Kier alpha value is -0.160. The molecule has 4 nitrogen and oxygen atoms in total. The molecule has 0 bridgehead atoms. The van der Waals surface area contributed by atoms with E-state index in [-0.39, 0.29) is 0 Å². The van der Waals surface area contributed by atoms with Crippen molar-refractivity contribution < 1.29 is 9.78 Å². The van der Waals surface area contributed by atoms with E-state index in [2.05, 4.69) is 9.78 Å². The fourth-order valence-electron chi connectivity index (χ4n) is 0.755. The molecule has 4 N–H and O–H groups in total. The van der Waals surface area contributed by atoms with Crippen LogP contribution in [-0.4, -0.2) is 12.5 Å². The Bertz CT molecular complexity index is 85.0. The Balaban J connectivity index is 2.36. The fraction of sp³-hybridized carbons (Fsp3) is 1.00. The van der Waals surface area contributed by atoms with Gasteiger partial charge in [-0.3, -0.25) is 11.5 Å². The second-order valence-electron chi connectivity index (χ2n) is 2.32. The summed E-state index contributed by atoms with van der Waals surface area (Å²) in [7, 11) is 0.